The molecule has 4 rings (SSSR count). The molecular formula is C21H20ClFN2O2S2. The van der Waals surface area contributed by atoms with Gasteiger partial charge in [0.05, 0.1) is 9.72 Å². The number of carbonyl (C=O) groups is 1. The van der Waals surface area contributed by atoms with E-state index in [9.17, 15) is 9.18 Å². The first-order valence-electron chi connectivity index (χ1n) is 9.46. The standard InChI is InChI=1S/C21H20ClFN2O2S2/c22-17-2-1-3-18-20(17)24-21(29-18)27-15-8-11-25(12-9-15)19(26)10-13-28-16-6-4-14(23)5-7-16/h1-7,15H,8-13H2. The topological polar surface area (TPSA) is 42.4 Å². The van der Waals surface area contributed by atoms with Crippen LogP contribution in [0, 0.1) is 5.82 Å². The van der Waals surface area contributed by atoms with E-state index in [1.807, 2.05) is 23.1 Å². The summed E-state index contributed by atoms with van der Waals surface area (Å²) in [5.74, 6) is 0.599. The van der Waals surface area contributed by atoms with Crippen LogP contribution in [0.1, 0.15) is 19.3 Å². The lowest BCUT2D eigenvalue weighted by Crippen LogP contribution is -2.41. The highest BCUT2D eigenvalue weighted by atomic mass is 35.5. The average Bonchev–Trinajstić information content (AvgIpc) is 3.14. The molecule has 0 unspecified atom stereocenters. The molecule has 1 aromatic heterocycles. The molecule has 3 aromatic rings. The van der Waals surface area contributed by atoms with Crippen molar-refractivity contribution in [2.75, 3.05) is 18.8 Å². The Morgan fingerprint density at radius 3 is 2.72 bits per heavy atom. The molecule has 4 nitrogen and oxygen atoms in total. The number of thiazole rings is 1. The normalized spacial score (nSPS) is 15.0. The van der Waals surface area contributed by atoms with Crippen molar-refractivity contribution in [3.05, 3.63) is 53.3 Å². The number of para-hydroxylation sites is 1. The predicted octanol–water partition coefficient (Wildman–Crippen LogP) is 5.64. The van der Waals surface area contributed by atoms with Gasteiger partial charge in [0, 0.05) is 43.0 Å². The summed E-state index contributed by atoms with van der Waals surface area (Å²) in [6, 6.07) is 12.1. The molecule has 0 radical (unpaired) electrons. The van der Waals surface area contributed by atoms with Crippen molar-refractivity contribution in [2.45, 2.75) is 30.3 Å². The van der Waals surface area contributed by atoms with Gasteiger partial charge in [-0.05, 0) is 36.4 Å². The zero-order valence-electron chi connectivity index (χ0n) is 15.6. The quantitative estimate of drug-likeness (QED) is 0.456. The summed E-state index contributed by atoms with van der Waals surface area (Å²) < 4.78 is 20.0. The van der Waals surface area contributed by atoms with Crippen LogP contribution in [0.25, 0.3) is 10.2 Å². The number of fused-ring (bicyclic) bond motifs is 1. The number of carbonyl (C=O) groups excluding carboxylic acids is 1. The summed E-state index contributed by atoms with van der Waals surface area (Å²) in [6.07, 6.45) is 2.12. The van der Waals surface area contributed by atoms with Crippen molar-refractivity contribution >= 4 is 50.8 Å². The Morgan fingerprint density at radius 2 is 2.00 bits per heavy atom. The third kappa shape index (κ3) is 5.21. The highest BCUT2D eigenvalue weighted by molar-refractivity contribution is 7.99. The van der Waals surface area contributed by atoms with Crippen molar-refractivity contribution in [3.8, 4) is 5.19 Å². The van der Waals surface area contributed by atoms with E-state index in [1.165, 1.54) is 23.5 Å². The van der Waals surface area contributed by atoms with Crippen LogP contribution in [0.2, 0.25) is 5.02 Å². The van der Waals surface area contributed by atoms with Crippen molar-refractivity contribution in [3.63, 3.8) is 0 Å². The van der Waals surface area contributed by atoms with E-state index in [-0.39, 0.29) is 17.8 Å². The van der Waals surface area contributed by atoms with E-state index in [0.717, 1.165) is 28.0 Å². The molecule has 152 valence electrons. The Hall–Kier alpha value is -1.83. The minimum Gasteiger partial charge on any atom is -0.467 e. The van der Waals surface area contributed by atoms with E-state index in [2.05, 4.69) is 4.98 Å². The number of thioether (sulfide) groups is 1. The van der Waals surface area contributed by atoms with E-state index >= 15 is 0 Å². The van der Waals surface area contributed by atoms with E-state index in [0.29, 0.717) is 35.5 Å². The van der Waals surface area contributed by atoms with Gasteiger partial charge in [0.1, 0.15) is 17.4 Å². The second-order valence-electron chi connectivity index (χ2n) is 6.82. The highest BCUT2D eigenvalue weighted by Crippen LogP contribution is 2.33. The first kappa shape index (κ1) is 20.4. The van der Waals surface area contributed by atoms with Gasteiger partial charge in [-0.1, -0.05) is 29.0 Å². The lowest BCUT2D eigenvalue weighted by molar-refractivity contribution is -0.132. The van der Waals surface area contributed by atoms with E-state index < -0.39 is 0 Å². The fraction of sp³-hybridized carbons (Fsp3) is 0.333. The van der Waals surface area contributed by atoms with Crippen molar-refractivity contribution in [2.24, 2.45) is 0 Å². The SMILES string of the molecule is O=C(CCSc1ccc(F)cc1)N1CCC(Oc2nc3c(Cl)cccc3s2)CC1. The highest BCUT2D eigenvalue weighted by Gasteiger charge is 2.24. The second kappa shape index (κ2) is 9.32. The Labute approximate surface area is 182 Å². The van der Waals surface area contributed by atoms with Crippen LogP contribution in [0.4, 0.5) is 4.39 Å². The number of hydrogen-bond acceptors (Lipinski definition) is 5. The summed E-state index contributed by atoms with van der Waals surface area (Å²) in [6.45, 7) is 1.38. The second-order valence-corrected chi connectivity index (χ2v) is 9.39. The number of hydrogen-bond donors (Lipinski definition) is 0. The summed E-state index contributed by atoms with van der Waals surface area (Å²) >= 11 is 9.25. The van der Waals surface area contributed by atoms with Crippen LogP contribution >= 0.6 is 34.7 Å². The number of ether oxygens (including phenoxy) is 1. The zero-order valence-corrected chi connectivity index (χ0v) is 18.0. The zero-order chi connectivity index (χ0) is 20.2. The number of nitrogens with zero attached hydrogens (tertiary/aromatic N) is 2. The van der Waals surface area contributed by atoms with Gasteiger partial charge in [0.25, 0.3) is 5.19 Å². The average molecular weight is 451 g/mol. The summed E-state index contributed by atoms with van der Waals surface area (Å²) in [5.41, 5.74) is 0.778. The molecule has 0 N–H and O–H groups in total. The molecule has 1 aliphatic heterocycles. The van der Waals surface area contributed by atoms with Crippen LogP contribution < -0.4 is 4.74 Å². The maximum absolute atomic E-state index is 12.9. The number of aromatic nitrogens is 1. The van der Waals surface area contributed by atoms with Crippen LogP contribution in [-0.4, -0.2) is 40.7 Å². The van der Waals surface area contributed by atoms with Gasteiger partial charge in [-0.3, -0.25) is 4.79 Å². The van der Waals surface area contributed by atoms with Gasteiger partial charge in [-0.2, -0.15) is 0 Å². The Morgan fingerprint density at radius 1 is 1.24 bits per heavy atom. The first-order valence-corrected chi connectivity index (χ1v) is 11.6. The van der Waals surface area contributed by atoms with Crippen molar-refractivity contribution in [1.29, 1.82) is 0 Å². The summed E-state index contributed by atoms with van der Waals surface area (Å²) in [4.78, 5) is 19.8. The molecule has 8 heteroatoms. The number of likely N-dealkylation sites (tertiary alicyclic amines) is 1. The van der Waals surface area contributed by atoms with Gasteiger partial charge >= 0.3 is 0 Å². The fourth-order valence-corrected chi connectivity index (χ4v) is 5.28. The number of rotatable bonds is 6. The van der Waals surface area contributed by atoms with Gasteiger partial charge in [-0.15, -0.1) is 11.8 Å². The number of amides is 1. The molecule has 2 aromatic carbocycles. The molecule has 1 aliphatic rings. The Kier molecular flexibility index (Phi) is 6.57. The van der Waals surface area contributed by atoms with Gasteiger partial charge < -0.3 is 9.64 Å². The monoisotopic (exact) mass is 450 g/mol. The van der Waals surface area contributed by atoms with E-state index in [1.54, 1.807) is 23.9 Å². The molecule has 29 heavy (non-hydrogen) atoms. The molecule has 0 aliphatic carbocycles. The smallest absolute Gasteiger partial charge is 0.274 e. The van der Waals surface area contributed by atoms with Crippen molar-refractivity contribution < 1.29 is 13.9 Å². The summed E-state index contributed by atoms with van der Waals surface area (Å²) in [7, 11) is 0. The largest absolute Gasteiger partial charge is 0.467 e. The van der Waals surface area contributed by atoms with Crippen LogP contribution in [0.15, 0.2) is 47.4 Å². The number of benzene rings is 2. The first-order chi connectivity index (χ1) is 14.1. The molecule has 0 bridgehead atoms. The lowest BCUT2D eigenvalue weighted by atomic mass is 10.1. The summed E-state index contributed by atoms with van der Waals surface area (Å²) in [5, 5.41) is 1.26. The lowest BCUT2D eigenvalue weighted by Gasteiger charge is -2.31. The third-order valence-electron chi connectivity index (χ3n) is 4.81. The molecule has 1 saturated heterocycles. The third-order valence-corrected chi connectivity index (χ3v) is 7.04. The maximum Gasteiger partial charge on any atom is 0.274 e. The Balaban J connectivity index is 1.22. The number of halogens is 2. The minimum atomic E-state index is -0.246. The molecule has 1 fully saturated rings. The van der Waals surface area contributed by atoms with Gasteiger partial charge in [0.15, 0.2) is 0 Å². The molecule has 2 heterocycles. The fourth-order valence-electron chi connectivity index (χ4n) is 3.26. The molecule has 0 saturated carbocycles. The molecular weight excluding hydrogens is 431 g/mol. The van der Waals surface area contributed by atoms with Crippen LogP contribution in [0.3, 0.4) is 0 Å². The minimum absolute atomic E-state index is 0.0620. The van der Waals surface area contributed by atoms with Gasteiger partial charge in [-0.25, -0.2) is 9.37 Å². The molecule has 0 atom stereocenters. The van der Waals surface area contributed by atoms with Gasteiger partial charge in [0.2, 0.25) is 5.91 Å². The van der Waals surface area contributed by atoms with E-state index in [4.69, 9.17) is 16.3 Å². The predicted molar refractivity (Wildman–Crippen MR) is 117 cm³/mol. The maximum atomic E-state index is 12.9. The van der Waals surface area contributed by atoms with Crippen LogP contribution in [-0.2, 0) is 4.79 Å². The molecule has 0 spiro atoms. The Bertz CT molecular complexity index is 988. The molecule has 1 amide bonds. The number of piperidine rings is 1. The van der Waals surface area contributed by atoms with Crippen molar-refractivity contribution in [1.82, 2.24) is 9.88 Å². The van der Waals surface area contributed by atoms with Crippen LogP contribution in [0.5, 0.6) is 5.19 Å².